The van der Waals surface area contributed by atoms with Crippen molar-refractivity contribution in [2.75, 3.05) is 26.2 Å². The van der Waals surface area contributed by atoms with Gasteiger partial charge in [-0.2, -0.15) is 17.5 Å². The van der Waals surface area contributed by atoms with Gasteiger partial charge in [0.25, 0.3) is 5.91 Å². The number of sulfonamides is 1. The van der Waals surface area contributed by atoms with Gasteiger partial charge in [-0.15, -0.1) is 0 Å². The van der Waals surface area contributed by atoms with Crippen LogP contribution in [0.4, 0.5) is 22.0 Å². The summed E-state index contributed by atoms with van der Waals surface area (Å²) in [4.78, 5) is 13.2. The third kappa shape index (κ3) is 4.25. The standard InChI is InChI=1S/C18H15F5N2O3S/c19-15-6-5-12(11-16(15)20)29(27,28)25-9-7-24(8-10-25)17(26)13-3-1-2-4-14(13)18(21,22)23/h1-6,11H,7-10H2. The van der Waals surface area contributed by atoms with E-state index in [1.54, 1.807) is 0 Å². The van der Waals surface area contributed by atoms with Crippen LogP contribution in [-0.4, -0.2) is 49.7 Å². The fourth-order valence-electron chi connectivity index (χ4n) is 3.01. The minimum atomic E-state index is -4.70. The number of piperazine rings is 1. The van der Waals surface area contributed by atoms with Gasteiger partial charge in [0.15, 0.2) is 11.6 Å². The van der Waals surface area contributed by atoms with Gasteiger partial charge in [-0.1, -0.05) is 12.1 Å². The Hall–Kier alpha value is -2.53. The zero-order valence-electron chi connectivity index (χ0n) is 14.8. The molecule has 11 heteroatoms. The smallest absolute Gasteiger partial charge is 0.336 e. The first-order valence-corrected chi connectivity index (χ1v) is 9.86. The molecule has 0 radical (unpaired) electrons. The van der Waals surface area contributed by atoms with Crippen molar-refractivity contribution in [3.63, 3.8) is 0 Å². The highest BCUT2D eigenvalue weighted by atomic mass is 32.2. The Morgan fingerprint density at radius 1 is 0.897 bits per heavy atom. The summed E-state index contributed by atoms with van der Waals surface area (Å²) in [5.41, 5.74) is -1.58. The molecule has 156 valence electrons. The average Bonchev–Trinajstić information content (AvgIpc) is 2.69. The van der Waals surface area contributed by atoms with Crippen LogP contribution >= 0.6 is 0 Å². The Morgan fingerprint density at radius 2 is 1.52 bits per heavy atom. The van der Waals surface area contributed by atoms with Crippen molar-refractivity contribution in [1.29, 1.82) is 0 Å². The number of rotatable bonds is 3. The molecule has 0 bridgehead atoms. The van der Waals surface area contributed by atoms with Gasteiger partial charge in [-0.3, -0.25) is 4.79 Å². The molecule has 0 aliphatic carbocycles. The van der Waals surface area contributed by atoms with E-state index in [1.807, 2.05) is 0 Å². The van der Waals surface area contributed by atoms with Crippen molar-refractivity contribution < 1.29 is 35.2 Å². The molecule has 1 aliphatic heterocycles. The molecule has 1 heterocycles. The first kappa shape index (κ1) is 21.2. The highest BCUT2D eigenvalue weighted by molar-refractivity contribution is 7.89. The second kappa shape index (κ2) is 7.71. The van der Waals surface area contributed by atoms with Gasteiger partial charge in [-0.05, 0) is 30.3 Å². The molecule has 1 amide bonds. The summed E-state index contributed by atoms with van der Waals surface area (Å²) in [5.74, 6) is -3.37. The number of carbonyl (C=O) groups excluding carboxylic acids is 1. The van der Waals surface area contributed by atoms with Crippen molar-refractivity contribution in [3.8, 4) is 0 Å². The zero-order chi connectivity index (χ0) is 21.4. The number of alkyl halides is 3. The van der Waals surface area contributed by atoms with Crippen LogP contribution in [0.2, 0.25) is 0 Å². The fourth-order valence-corrected chi connectivity index (χ4v) is 4.44. The molecule has 1 fully saturated rings. The SMILES string of the molecule is O=C(c1ccccc1C(F)(F)F)N1CCN(S(=O)(=O)c2ccc(F)c(F)c2)CC1. The van der Waals surface area contributed by atoms with Crippen LogP contribution < -0.4 is 0 Å². The van der Waals surface area contributed by atoms with Crippen molar-refractivity contribution >= 4 is 15.9 Å². The van der Waals surface area contributed by atoms with Gasteiger partial charge in [0.05, 0.1) is 16.0 Å². The highest BCUT2D eigenvalue weighted by Gasteiger charge is 2.37. The summed E-state index contributed by atoms with van der Waals surface area (Å²) < 4.78 is 91.9. The number of benzene rings is 2. The molecule has 0 N–H and O–H groups in total. The van der Waals surface area contributed by atoms with Crippen molar-refractivity contribution in [3.05, 3.63) is 65.2 Å². The molecule has 2 aromatic carbocycles. The molecular formula is C18H15F5N2O3S. The summed E-state index contributed by atoms with van der Waals surface area (Å²) >= 11 is 0. The van der Waals surface area contributed by atoms with Crippen LogP contribution in [0.5, 0.6) is 0 Å². The number of hydrogen-bond acceptors (Lipinski definition) is 3. The summed E-state index contributed by atoms with van der Waals surface area (Å²) in [7, 11) is -4.14. The van der Waals surface area contributed by atoms with Gasteiger partial charge in [0.2, 0.25) is 10.0 Å². The monoisotopic (exact) mass is 434 g/mol. The molecule has 1 saturated heterocycles. The van der Waals surface area contributed by atoms with Crippen LogP contribution in [0, 0.1) is 11.6 Å². The lowest BCUT2D eigenvalue weighted by molar-refractivity contribution is -0.138. The van der Waals surface area contributed by atoms with E-state index in [1.165, 1.54) is 12.1 Å². The maximum Gasteiger partial charge on any atom is 0.417 e. The Kier molecular flexibility index (Phi) is 5.63. The minimum Gasteiger partial charge on any atom is -0.336 e. The predicted octanol–water partition coefficient (Wildman–Crippen LogP) is 3.13. The van der Waals surface area contributed by atoms with Crippen LogP contribution in [0.1, 0.15) is 15.9 Å². The first-order chi connectivity index (χ1) is 13.5. The molecule has 0 unspecified atom stereocenters. The lowest BCUT2D eigenvalue weighted by atomic mass is 10.1. The van der Waals surface area contributed by atoms with Gasteiger partial charge < -0.3 is 4.90 Å². The normalized spacial score (nSPS) is 16.1. The number of halogens is 5. The Labute approximate surface area is 163 Å². The molecular weight excluding hydrogens is 419 g/mol. The van der Waals surface area contributed by atoms with E-state index in [9.17, 15) is 35.2 Å². The minimum absolute atomic E-state index is 0.145. The molecule has 1 aliphatic rings. The van der Waals surface area contributed by atoms with E-state index in [-0.39, 0.29) is 26.2 Å². The van der Waals surface area contributed by atoms with E-state index in [4.69, 9.17) is 0 Å². The third-order valence-corrected chi connectivity index (χ3v) is 6.41. The van der Waals surface area contributed by atoms with E-state index in [2.05, 4.69) is 0 Å². The largest absolute Gasteiger partial charge is 0.417 e. The van der Waals surface area contributed by atoms with Gasteiger partial charge in [0, 0.05) is 26.2 Å². The summed E-state index contributed by atoms with van der Waals surface area (Å²) in [5, 5.41) is 0. The van der Waals surface area contributed by atoms with E-state index in [0.717, 1.165) is 27.4 Å². The molecule has 2 aromatic rings. The highest BCUT2D eigenvalue weighted by Crippen LogP contribution is 2.32. The lowest BCUT2D eigenvalue weighted by Gasteiger charge is -2.34. The van der Waals surface area contributed by atoms with E-state index in [0.29, 0.717) is 12.1 Å². The van der Waals surface area contributed by atoms with Gasteiger partial charge in [-0.25, -0.2) is 17.2 Å². The Balaban J connectivity index is 1.76. The van der Waals surface area contributed by atoms with Crippen LogP contribution in [-0.2, 0) is 16.2 Å². The van der Waals surface area contributed by atoms with Crippen molar-refractivity contribution in [2.24, 2.45) is 0 Å². The number of carbonyl (C=O) groups is 1. The zero-order valence-corrected chi connectivity index (χ0v) is 15.6. The number of hydrogen-bond donors (Lipinski definition) is 0. The van der Waals surface area contributed by atoms with Gasteiger partial charge >= 0.3 is 6.18 Å². The van der Waals surface area contributed by atoms with Crippen LogP contribution in [0.3, 0.4) is 0 Å². The molecule has 0 aromatic heterocycles. The van der Waals surface area contributed by atoms with Gasteiger partial charge in [0.1, 0.15) is 0 Å². The van der Waals surface area contributed by atoms with Crippen LogP contribution in [0.15, 0.2) is 47.4 Å². The summed E-state index contributed by atoms with van der Waals surface area (Å²) in [6.07, 6.45) is -4.70. The fraction of sp³-hybridized carbons (Fsp3) is 0.278. The Bertz CT molecular complexity index is 1030. The van der Waals surface area contributed by atoms with E-state index < -0.39 is 49.8 Å². The molecule has 5 nitrogen and oxygen atoms in total. The summed E-state index contributed by atoms with van der Waals surface area (Å²) in [6.45, 7) is -0.676. The maximum absolute atomic E-state index is 13.4. The first-order valence-electron chi connectivity index (χ1n) is 8.42. The number of nitrogens with zero attached hydrogens (tertiary/aromatic N) is 2. The summed E-state index contributed by atoms with van der Waals surface area (Å²) in [6, 6.07) is 6.52. The molecule has 0 spiro atoms. The molecule has 0 atom stereocenters. The Morgan fingerprint density at radius 3 is 2.10 bits per heavy atom. The van der Waals surface area contributed by atoms with E-state index >= 15 is 0 Å². The van der Waals surface area contributed by atoms with Crippen molar-refractivity contribution in [1.82, 2.24) is 9.21 Å². The molecule has 29 heavy (non-hydrogen) atoms. The van der Waals surface area contributed by atoms with Crippen LogP contribution in [0.25, 0.3) is 0 Å². The van der Waals surface area contributed by atoms with Crippen molar-refractivity contribution in [2.45, 2.75) is 11.1 Å². The average molecular weight is 434 g/mol. The molecule has 3 rings (SSSR count). The maximum atomic E-state index is 13.4. The molecule has 0 saturated carbocycles. The second-order valence-corrected chi connectivity index (χ2v) is 8.25. The number of amides is 1. The lowest BCUT2D eigenvalue weighted by Crippen LogP contribution is -2.50. The second-order valence-electron chi connectivity index (χ2n) is 6.32. The topological polar surface area (TPSA) is 57.7 Å². The quantitative estimate of drug-likeness (QED) is 0.698. The predicted molar refractivity (Wildman–Crippen MR) is 92.5 cm³/mol. The third-order valence-electron chi connectivity index (χ3n) is 4.52.